The van der Waals surface area contributed by atoms with Crippen molar-refractivity contribution in [1.29, 1.82) is 0 Å². The first-order chi connectivity index (χ1) is 17.1. The number of methoxy groups -OCH3 is 1. The van der Waals surface area contributed by atoms with E-state index in [2.05, 4.69) is 20.8 Å². The molecule has 0 fully saturated rings. The van der Waals surface area contributed by atoms with Crippen LogP contribution in [0.2, 0.25) is 0 Å². The third kappa shape index (κ3) is 6.39. The number of amides is 2. The van der Waals surface area contributed by atoms with E-state index in [-0.39, 0.29) is 29.2 Å². The smallest absolute Gasteiger partial charge is 0.271 e. The zero-order valence-electron chi connectivity index (χ0n) is 20.6. The highest BCUT2D eigenvalue weighted by Crippen LogP contribution is 2.26. The molecule has 2 aromatic carbocycles. The number of aryl methyl sites for hydroxylation is 1. The van der Waals surface area contributed by atoms with E-state index in [4.69, 9.17) is 4.74 Å². The number of nitro groups is 1. The lowest BCUT2D eigenvalue weighted by atomic mass is 10.0. The zero-order valence-corrected chi connectivity index (χ0v) is 21.5. The summed E-state index contributed by atoms with van der Waals surface area (Å²) in [6.07, 6.45) is 0. The van der Waals surface area contributed by atoms with Crippen LogP contribution in [-0.2, 0) is 11.8 Å². The summed E-state index contributed by atoms with van der Waals surface area (Å²) in [6.45, 7) is 5.69. The molecule has 3 rings (SSSR count). The fraction of sp³-hybridized carbons (Fsp3) is 0.333. The van der Waals surface area contributed by atoms with Crippen LogP contribution in [0.1, 0.15) is 41.6 Å². The van der Waals surface area contributed by atoms with E-state index in [9.17, 15) is 19.7 Å². The molecular weight excluding hydrogens is 484 g/mol. The molecule has 1 aromatic heterocycles. The van der Waals surface area contributed by atoms with Crippen molar-refractivity contribution in [3.05, 3.63) is 69.5 Å². The Labute approximate surface area is 212 Å². The summed E-state index contributed by atoms with van der Waals surface area (Å²) in [5.41, 5.74) is 1.49. The van der Waals surface area contributed by atoms with E-state index < -0.39 is 11.0 Å². The molecule has 1 atom stereocenters. The fourth-order valence-electron chi connectivity index (χ4n) is 3.39. The summed E-state index contributed by atoms with van der Waals surface area (Å²) in [5.74, 6) is 0.684. The van der Waals surface area contributed by atoms with E-state index in [1.54, 1.807) is 56.0 Å². The summed E-state index contributed by atoms with van der Waals surface area (Å²) in [4.78, 5) is 35.8. The first-order valence-corrected chi connectivity index (χ1v) is 12.1. The second-order valence-corrected chi connectivity index (χ2v) is 9.36. The molecule has 3 aromatic rings. The maximum atomic E-state index is 12.8. The van der Waals surface area contributed by atoms with Gasteiger partial charge in [0.2, 0.25) is 5.91 Å². The van der Waals surface area contributed by atoms with Crippen molar-refractivity contribution >= 4 is 35.0 Å². The Balaban J connectivity index is 1.67. The van der Waals surface area contributed by atoms with Crippen LogP contribution in [0.15, 0.2) is 47.6 Å². The second-order valence-electron chi connectivity index (χ2n) is 8.42. The molecule has 0 spiro atoms. The predicted molar refractivity (Wildman–Crippen MR) is 136 cm³/mol. The molecule has 0 aliphatic heterocycles. The Bertz CT molecular complexity index is 1260. The Morgan fingerprint density at radius 2 is 1.86 bits per heavy atom. The van der Waals surface area contributed by atoms with Gasteiger partial charge in [0, 0.05) is 24.7 Å². The standard InChI is InChI=1S/C24H28N6O5S/c1-14(2)21(26-23(32)16-7-10-18(35-5)11-8-16)22-27-28-24(29(22)4)36-13-20(31)25-19-12-17(30(33)34)9-6-15(19)3/h6-12,14,21H,13H2,1-5H3,(H,25,31)(H,26,32). The van der Waals surface area contributed by atoms with Crippen LogP contribution in [0.4, 0.5) is 11.4 Å². The van der Waals surface area contributed by atoms with E-state index in [0.717, 1.165) is 0 Å². The number of non-ortho nitro benzene ring substituents is 1. The molecule has 12 heteroatoms. The van der Waals surface area contributed by atoms with Gasteiger partial charge >= 0.3 is 0 Å². The van der Waals surface area contributed by atoms with E-state index >= 15 is 0 Å². The largest absolute Gasteiger partial charge is 0.497 e. The summed E-state index contributed by atoms with van der Waals surface area (Å²) >= 11 is 1.18. The highest BCUT2D eigenvalue weighted by molar-refractivity contribution is 7.99. The number of ether oxygens (including phenoxy) is 1. The first kappa shape index (κ1) is 26.7. The molecular formula is C24H28N6O5S. The van der Waals surface area contributed by atoms with Crippen LogP contribution < -0.4 is 15.4 Å². The van der Waals surface area contributed by atoms with Crippen molar-refractivity contribution in [2.24, 2.45) is 13.0 Å². The molecule has 0 aliphatic rings. The lowest BCUT2D eigenvalue weighted by Gasteiger charge is -2.21. The van der Waals surface area contributed by atoms with Gasteiger partial charge in [-0.1, -0.05) is 31.7 Å². The third-order valence-electron chi connectivity index (χ3n) is 5.49. The minimum absolute atomic E-state index is 0.0214. The van der Waals surface area contributed by atoms with Crippen molar-refractivity contribution in [3.8, 4) is 5.75 Å². The highest BCUT2D eigenvalue weighted by Gasteiger charge is 2.25. The number of carbonyl (C=O) groups excluding carboxylic acids is 2. The molecule has 11 nitrogen and oxygen atoms in total. The van der Waals surface area contributed by atoms with Crippen molar-refractivity contribution in [3.63, 3.8) is 0 Å². The molecule has 1 unspecified atom stereocenters. The zero-order chi connectivity index (χ0) is 26.4. The molecule has 2 amide bonds. The maximum Gasteiger partial charge on any atom is 0.271 e. The minimum Gasteiger partial charge on any atom is -0.497 e. The number of hydrogen-bond acceptors (Lipinski definition) is 8. The molecule has 2 N–H and O–H groups in total. The summed E-state index contributed by atoms with van der Waals surface area (Å²) in [5, 5.41) is 25.7. The lowest BCUT2D eigenvalue weighted by molar-refractivity contribution is -0.384. The Morgan fingerprint density at radius 3 is 2.47 bits per heavy atom. The van der Waals surface area contributed by atoms with Gasteiger partial charge in [0.25, 0.3) is 11.6 Å². The third-order valence-corrected chi connectivity index (χ3v) is 6.51. The van der Waals surface area contributed by atoms with Crippen molar-refractivity contribution in [2.45, 2.75) is 32.0 Å². The molecule has 1 heterocycles. The lowest BCUT2D eigenvalue weighted by Crippen LogP contribution is -2.33. The molecule has 36 heavy (non-hydrogen) atoms. The van der Waals surface area contributed by atoms with Gasteiger partial charge in [0.05, 0.1) is 29.5 Å². The number of benzene rings is 2. The Kier molecular flexibility index (Phi) is 8.64. The van der Waals surface area contributed by atoms with Gasteiger partial charge in [-0.05, 0) is 42.7 Å². The summed E-state index contributed by atoms with van der Waals surface area (Å²) in [6, 6.07) is 10.7. The van der Waals surface area contributed by atoms with Crippen LogP contribution in [-0.4, -0.2) is 44.4 Å². The van der Waals surface area contributed by atoms with E-state index in [1.807, 2.05) is 13.8 Å². The van der Waals surface area contributed by atoms with Gasteiger partial charge in [-0.2, -0.15) is 0 Å². The summed E-state index contributed by atoms with van der Waals surface area (Å²) in [7, 11) is 3.33. The average Bonchev–Trinajstić information content (AvgIpc) is 3.21. The molecule has 190 valence electrons. The van der Waals surface area contributed by atoms with Crippen LogP contribution in [0, 0.1) is 23.0 Å². The molecule has 0 aliphatic carbocycles. The first-order valence-electron chi connectivity index (χ1n) is 11.1. The van der Waals surface area contributed by atoms with Crippen LogP contribution in [0.25, 0.3) is 0 Å². The number of carbonyl (C=O) groups is 2. The maximum absolute atomic E-state index is 12.8. The van der Waals surface area contributed by atoms with Crippen LogP contribution in [0.3, 0.4) is 0 Å². The van der Waals surface area contributed by atoms with Gasteiger partial charge < -0.3 is 19.9 Å². The quantitative estimate of drug-likeness (QED) is 0.237. The minimum atomic E-state index is -0.510. The van der Waals surface area contributed by atoms with Gasteiger partial charge in [0.15, 0.2) is 11.0 Å². The number of hydrogen-bond donors (Lipinski definition) is 2. The second kappa shape index (κ2) is 11.7. The molecule has 0 saturated heterocycles. The monoisotopic (exact) mass is 512 g/mol. The Morgan fingerprint density at radius 1 is 1.17 bits per heavy atom. The molecule has 0 saturated carbocycles. The average molecular weight is 513 g/mol. The van der Waals surface area contributed by atoms with Gasteiger partial charge in [-0.25, -0.2) is 0 Å². The summed E-state index contributed by atoms with van der Waals surface area (Å²) < 4.78 is 6.88. The number of anilines is 1. The van der Waals surface area contributed by atoms with Gasteiger partial charge in [-0.3, -0.25) is 19.7 Å². The molecule has 0 radical (unpaired) electrons. The van der Waals surface area contributed by atoms with Crippen molar-refractivity contribution < 1.29 is 19.2 Å². The van der Waals surface area contributed by atoms with Crippen molar-refractivity contribution in [2.75, 3.05) is 18.2 Å². The van der Waals surface area contributed by atoms with E-state index in [1.165, 1.54) is 23.9 Å². The van der Waals surface area contributed by atoms with Crippen molar-refractivity contribution in [1.82, 2.24) is 20.1 Å². The van der Waals surface area contributed by atoms with E-state index in [0.29, 0.717) is 33.5 Å². The number of thioether (sulfide) groups is 1. The topological polar surface area (TPSA) is 141 Å². The van der Waals surface area contributed by atoms with Gasteiger partial charge in [-0.15, -0.1) is 10.2 Å². The number of nitrogens with one attached hydrogen (secondary N) is 2. The Hall–Kier alpha value is -3.93. The van der Waals surface area contributed by atoms with Gasteiger partial charge in [0.1, 0.15) is 5.75 Å². The predicted octanol–water partition coefficient (Wildman–Crippen LogP) is 3.90. The number of rotatable bonds is 10. The van der Waals surface area contributed by atoms with Crippen LogP contribution >= 0.6 is 11.8 Å². The SMILES string of the molecule is COc1ccc(C(=O)NC(c2nnc(SCC(=O)Nc3cc([N+](=O)[O-])ccc3C)n2C)C(C)C)cc1. The fourth-order valence-corrected chi connectivity index (χ4v) is 4.11. The number of aromatic nitrogens is 3. The highest BCUT2D eigenvalue weighted by atomic mass is 32.2. The number of nitrogens with zero attached hydrogens (tertiary/aromatic N) is 4. The number of nitro benzene ring substituents is 1. The normalized spacial score (nSPS) is 11.7. The van der Waals surface area contributed by atoms with Crippen LogP contribution in [0.5, 0.6) is 5.75 Å². The molecule has 0 bridgehead atoms.